The molecule has 2 radical (unpaired) electrons. The van der Waals surface area contributed by atoms with Crippen molar-refractivity contribution in [3.05, 3.63) is 0 Å². The van der Waals surface area contributed by atoms with Crippen molar-refractivity contribution in [2.45, 2.75) is 0 Å². The molecular weight excluding hydrogens is 356 g/mol. The van der Waals surface area contributed by atoms with Gasteiger partial charge in [0, 0.05) is 0 Å². The summed E-state index contributed by atoms with van der Waals surface area (Å²) in [5.41, 5.74) is 0. The van der Waals surface area contributed by atoms with Gasteiger partial charge in [0.05, 0.1) is 25.1 Å². The number of hydrogen-bond donors (Lipinski definition) is 4. The summed E-state index contributed by atoms with van der Waals surface area (Å²) in [6.07, 6.45) is 0. The van der Waals surface area contributed by atoms with Gasteiger partial charge in [-0.2, -0.15) is 0 Å². The van der Waals surface area contributed by atoms with Crippen molar-refractivity contribution < 1.29 is 53.6 Å². The smallest absolute Gasteiger partial charge is 0.370 e. The van der Waals surface area contributed by atoms with E-state index in [-0.39, 0.29) is 46.1 Å². The van der Waals surface area contributed by atoms with Crippen LogP contribution in [0.5, 0.6) is 0 Å². The van der Waals surface area contributed by atoms with E-state index in [4.69, 9.17) is 29.9 Å². The van der Waals surface area contributed by atoms with E-state index in [1.165, 1.54) is 0 Å². The fourth-order valence-electron chi connectivity index (χ4n) is 2.15. The fourth-order valence-corrected chi connectivity index (χ4v) is 2.15. The van der Waals surface area contributed by atoms with Crippen molar-refractivity contribution in [3.63, 3.8) is 0 Å². The average Bonchev–Trinajstić information content (AvgIpc) is 2.46. The fraction of sp³-hybridized carbons (Fsp3) is 0.714. The number of carboxylic acid groups (broad SMARTS) is 4. The number of carboxylic acids is 4. The summed E-state index contributed by atoms with van der Waals surface area (Å²) in [6, 6.07) is 0. The van der Waals surface area contributed by atoms with Crippen molar-refractivity contribution in [1.82, 2.24) is 5.32 Å². The molecular formula is C14H24N2O10+2. The van der Waals surface area contributed by atoms with E-state index in [0.29, 0.717) is 0 Å². The van der Waals surface area contributed by atoms with Gasteiger partial charge in [0.25, 0.3) is 6.54 Å². The SMILES string of the molecule is O=C(O)C[N+]CCOCCOCC[N+](CC(=O)O)(CC(=O)O)CC(=O)O. The molecule has 0 saturated heterocycles. The molecule has 0 saturated carbocycles. The van der Waals surface area contributed by atoms with E-state index in [2.05, 4.69) is 5.32 Å². The minimum absolute atomic E-state index is 0.0411. The summed E-state index contributed by atoms with van der Waals surface area (Å²) >= 11 is 0. The van der Waals surface area contributed by atoms with Gasteiger partial charge in [0.2, 0.25) is 6.54 Å². The zero-order chi connectivity index (χ0) is 20.0. The molecule has 4 N–H and O–H groups in total. The first-order chi connectivity index (χ1) is 12.2. The second kappa shape index (κ2) is 13.0. The molecule has 148 valence electrons. The highest BCUT2D eigenvalue weighted by Gasteiger charge is 2.35. The van der Waals surface area contributed by atoms with Crippen LogP contribution in [-0.2, 0) is 28.7 Å². The Morgan fingerprint density at radius 2 is 1.15 bits per heavy atom. The highest BCUT2D eigenvalue weighted by molar-refractivity contribution is 5.73. The number of aliphatic carboxylic acids is 4. The Bertz CT molecular complexity index is 442. The molecule has 0 aromatic carbocycles. The van der Waals surface area contributed by atoms with Crippen molar-refractivity contribution in [1.29, 1.82) is 0 Å². The van der Waals surface area contributed by atoms with Gasteiger partial charge in [0.1, 0.15) is 13.2 Å². The van der Waals surface area contributed by atoms with E-state index in [1.807, 2.05) is 0 Å². The van der Waals surface area contributed by atoms with Crippen LogP contribution in [0.4, 0.5) is 0 Å². The lowest BCUT2D eigenvalue weighted by Gasteiger charge is -2.33. The summed E-state index contributed by atoms with van der Waals surface area (Å²) in [5, 5.41) is 38.9. The summed E-state index contributed by atoms with van der Waals surface area (Å²) < 4.78 is 9.71. The van der Waals surface area contributed by atoms with Gasteiger partial charge in [0.15, 0.2) is 19.6 Å². The van der Waals surface area contributed by atoms with Crippen molar-refractivity contribution in [2.75, 3.05) is 65.7 Å². The molecule has 0 amide bonds. The molecule has 0 aromatic heterocycles. The molecule has 0 atom stereocenters. The third kappa shape index (κ3) is 13.1. The van der Waals surface area contributed by atoms with Crippen LogP contribution in [0, 0.1) is 0 Å². The van der Waals surface area contributed by atoms with Crippen LogP contribution >= 0.6 is 0 Å². The predicted molar refractivity (Wildman–Crippen MR) is 83.8 cm³/mol. The molecule has 0 aliphatic rings. The monoisotopic (exact) mass is 380 g/mol. The Morgan fingerprint density at radius 3 is 1.58 bits per heavy atom. The first kappa shape index (κ1) is 23.7. The van der Waals surface area contributed by atoms with E-state index >= 15 is 0 Å². The van der Waals surface area contributed by atoms with Crippen LogP contribution in [0.2, 0.25) is 0 Å². The molecule has 0 bridgehead atoms. The quantitative estimate of drug-likeness (QED) is 0.159. The average molecular weight is 380 g/mol. The summed E-state index contributed by atoms with van der Waals surface area (Å²) in [5.74, 6) is -4.94. The minimum Gasteiger partial charge on any atom is -0.477 e. The van der Waals surface area contributed by atoms with Crippen LogP contribution in [0.25, 0.3) is 0 Å². The molecule has 0 unspecified atom stereocenters. The van der Waals surface area contributed by atoms with Crippen molar-refractivity contribution in [3.8, 4) is 0 Å². The lowest BCUT2D eigenvalue weighted by atomic mass is 10.3. The Hall–Kier alpha value is -2.28. The standard InChI is InChI=1S/C14H23N2O10/c17-11(18)7-15-1-3-25-5-6-26-4-2-16(8-12(19)20,9-13(21)22)10-14(23)24/h1-10H2,(H3-,17,18,19,20,21,22,23,24)/q+1/p+1. The lowest BCUT2D eigenvalue weighted by Crippen LogP contribution is -2.58. The molecule has 0 aliphatic carbocycles. The molecule has 26 heavy (non-hydrogen) atoms. The van der Waals surface area contributed by atoms with Gasteiger partial charge in [-0.05, 0) is 0 Å². The first-order valence-electron chi connectivity index (χ1n) is 7.68. The van der Waals surface area contributed by atoms with Crippen LogP contribution < -0.4 is 5.32 Å². The zero-order valence-electron chi connectivity index (χ0n) is 14.2. The predicted octanol–water partition coefficient (Wildman–Crippen LogP) is -2.22. The minimum atomic E-state index is -1.30. The molecule has 0 rings (SSSR count). The van der Waals surface area contributed by atoms with Crippen LogP contribution in [0.15, 0.2) is 0 Å². The van der Waals surface area contributed by atoms with Gasteiger partial charge in [-0.25, -0.2) is 19.2 Å². The summed E-state index contributed by atoms with van der Waals surface area (Å²) in [7, 11) is 0. The number of ether oxygens (including phenoxy) is 2. The van der Waals surface area contributed by atoms with Crippen LogP contribution in [0.3, 0.4) is 0 Å². The third-order valence-corrected chi connectivity index (χ3v) is 3.13. The number of carbonyl (C=O) groups is 4. The summed E-state index contributed by atoms with van der Waals surface area (Å²) in [4.78, 5) is 43.1. The van der Waals surface area contributed by atoms with Crippen LogP contribution in [-0.4, -0.2) is 114 Å². The molecule has 12 nitrogen and oxygen atoms in total. The maximum atomic E-state index is 11.0. The van der Waals surface area contributed by atoms with E-state index in [1.54, 1.807) is 0 Å². The highest BCUT2D eigenvalue weighted by Crippen LogP contribution is 2.07. The topological polar surface area (TPSA) is 182 Å². The second-order valence-corrected chi connectivity index (χ2v) is 5.44. The van der Waals surface area contributed by atoms with E-state index in [9.17, 15) is 19.2 Å². The van der Waals surface area contributed by atoms with Crippen molar-refractivity contribution >= 4 is 23.9 Å². The Kier molecular flexibility index (Phi) is 11.9. The van der Waals surface area contributed by atoms with Gasteiger partial charge < -0.3 is 29.9 Å². The second-order valence-electron chi connectivity index (χ2n) is 5.44. The van der Waals surface area contributed by atoms with E-state index < -0.39 is 48.0 Å². The number of quaternary nitrogens is 1. The Labute approximate surface area is 149 Å². The zero-order valence-corrected chi connectivity index (χ0v) is 14.2. The largest absolute Gasteiger partial charge is 0.477 e. The molecule has 12 heteroatoms. The summed E-state index contributed by atoms with van der Waals surface area (Å²) in [6.45, 7) is -1.63. The van der Waals surface area contributed by atoms with Gasteiger partial charge in [-0.15, -0.1) is 0 Å². The molecule has 0 spiro atoms. The maximum Gasteiger partial charge on any atom is 0.370 e. The third-order valence-electron chi connectivity index (χ3n) is 3.13. The first-order valence-corrected chi connectivity index (χ1v) is 7.68. The maximum absolute atomic E-state index is 11.0. The van der Waals surface area contributed by atoms with Crippen molar-refractivity contribution in [2.24, 2.45) is 0 Å². The van der Waals surface area contributed by atoms with E-state index in [0.717, 1.165) is 0 Å². The molecule has 0 aliphatic heterocycles. The normalized spacial score (nSPS) is 11.2. The number of hydrogen-bond acceptors (Lipinski definition) is 6. The number of nitrogens with zero attached hydrogens (tertiary/aromatic N) is 2. The highest BCUT2D eigenvalue weighted by atomic mass is 16.5. The lowest BCUT2D eigenvalue weighted by molar-refractivity contribution is -0.907. The number of rotatable bonds is 17. The van der Waals surface area contributed by atoms with Gasteiger partial charge >= 0.3 is 23.9 Å². The Morgan fingerprint density at radius 1 is 0.692 bits per heavy atom. The Balaban J connectivity index is 4.19. The van der Waals surface area contributed by atoms with Crippen LogP contribution in [0.1, 0.15) is 0 Å². The molecule has 0 heterocycles. The molecule has 0 aromatic rings. The van der Waals surface area contributed by atoms with Gasteiger partial charge in [-0.3, -0.25) is 4.48 Å². The molecule has 0 fully saturated rings. The van der Waals surface area contributed by atoms with Gasteiger partial charge in [-0.1, -0.05) is 0 Å².